The maximum atomic E-state index is 5.67. The van der Waals surface area contributed by atoms with Gasteiger partial charge < -0.3 is 9.47 Å². The van der Waals surface area contributed by atoms with Gasteiger partial charge in [0.25, 0.3) is 0 Å². The molecule has 0 saturated heterocycles. The van der Waals surface area contributed by atoms with Crippen LogP contribution >= 0.6 is 0 Å². The molecule has 1 aliphatic rings. The Bertz CT molecular complexity index is 491. The summed E-state index contributed by atoms with van der Waals surface area (Å²) in [5.41, 5.74) is 6.11. The fraction of sp³-hybridized carbons (Fsp3) is 0.562. The van der Waals surface area contributed by atoms with Crippen LogP contribution < -0.4 is 15.7 Å². The number of ether oxygens (including phenoxy) is 2. The summed E-state index contributed by atoms with van der Waals surface area (Å²) in [5.74, 6) is 1.82. The molecular formula is C16H28N4O2Si. The quantitative estimate of drug-likeness (QED) is 0.508. The highest BCUT2D eigenvalue weighted by molar-refractivity contribution is 6.76. The number of nitrogens with one attached hydrogen (secondary N) is 2. The minimum absolute atomic E-state index is 0.484. The lowest BCUT2D eigenvalue weighted by Crippen LogP contribution is -2.43. The van der Waals surface area contributed by atoms with Gasteiger partial charge in [0.2, 0.25) is 0 Å². The van der Waals surface area contributed by atoms with Crippen LogP contribution in [0.5, 0.6) is 5.75 Å². The number of amidine groups is 1. The number of benzene rings is 1. The van der Waals surface area contributed by atoms with Crippen LogP contribution in [0, 0.1) is 0 Å². The van der Waals surface area contributed by atoms with Crippen molar-refractivity contribution in [1.82, 2.24) is 16.1 Å². The highest BCUT2D eigenvalue weighted by atomic mass is 28.3. The molecule has 0 aromatic heterocycles. The van der Waals surface area contributed by atoms with Gasteiger partial charge in [0.15, 0.2) is 0 Å². The smallest absolute Gasteiger partial charge is 0.139 e. The van der Waals surface area contributed by atoms with Crippen molar-refractivity contribution in [1.29, 1.82) is 0 Å². The SMILES string of the molecule is C[Si](C)(C)CCOCN1NN=C(CCCOc2ccccc2)N1. The van der Waals surface area contributed by atoms with Gasteiger partial charge >= 0.3 is 0 Å². The molecule has 0 atom stereocenters. The van der Waals surface area contributed by atoms with Crippen molar-refractivity contribution >= 4 is 13.9 Å². The van der Waals surface area contributed by atoms with Gasteiger partial charge in [0.05, 0.1) is 6.61 Å². The van der Waals surface area contributed by atoms with Crippen LogP contribution in [0.4, 0.5) is 0 Å². The van der Waals surface area contributed by atoms with E-state index in [9.17, 15) is 0 Å². The van der Waals surface area contributed by atoms with Crippen molar-refractivity contribution in [2.75, 3.05) is 19.9 Å². The van der Waals surface area contributed by atoms with Crippen LogP contribution in [0.25, 0.3) is 0 Å². The first-order chi connectivity index (χ1) is 11.0. The highest BCUT2D eigenvalue weighted by Gasteiger charge is 2.15. The van der Waals surface area contributed by atoms with E-state index in [1.165, 1.54) is 6.04 Å². The number of hydrazone groups is 1. The molecule has 0 aliphatic carbocycles. The van der Waals surface area contributed by atoms with Gasteiger partial charge in [-0.05, 0) is 24.6 Å². The Hall–Kier alpha value is -1.57. The van der Waals surface area contributed by atoms with E-state index in [-0.39, 0.29) is 0 Å². The van der Waals surface area contributed by atoms with E-state index in [4.69, 9.17) is 9.47 Å². The Morgan fingerprint density at radius 3 is 2.65 bits per heavy atom. The summed E-state index contributed by atoms with van der Waals surface area (Å²) in [6.45, 7) is 9.01. The summed E-state index contributed by atoms with van der Waals surface area (Å²) in [6, 6.07) is 11.0. The maximum Gasteiger partial charge on any atom is 0.139 e. The van der Waals surface area contributed by atoms with Crippen molar-refractivity contribution in [3.63, 3.8) is 0 Å². The zero-order chi connectivity index (χ0) is 16.5. The second kappa shape index (κ2) is 8.90. The van der Waals surface area contributed by atoms with Crippen molar-refractivity contribution < 1.29 is 9.47 Å². The van der Waals surface area contributed by atoms with Gasteiger partial charge in [-0.25, -0.2) is 5.53 Å². The third-order valence-electron chi connectivity index (χ3n) is 3.36. The number of nitrogens with zero attached hydrogens (tertiary/aromatic N) is 2. The normalized spacial score (nSPS) is 15.0. The topological polar surface area (TPSA) is 58.1 Å². The summed E-state index contributed by atoms with van der Waals surface area (Å²) in [4.78, 5) is 0. The van der Waals surface area contributed by atoms with Crippen molar-refractivity contribution in [3.05, 3.63) is 30.3 Å². The van der Waals surface area contributed by atoms with Gasteiger partial charge in [-0.15, -0.1) is 5.10 Å². The van der Waals surface area contributed by atoms with E-state index in [0.717, 1.165) is 31.0 Å². The minimum Gasteiger partial charge on any atom is -0.494 e. The minimum atomic E-state index is -1.02. The molecule has 128 valence electrons. The first-order valence-electron chi connectivity index (χ1n) is 8.15. The van der Waals surface area contributed by atoms with Gasteiger partial charge in [0.1, 0.15) is 18.3 Å². The molecule has 0 fully saturated rings. The molecule has 0 bridgehead atoms. The lowest BCUT2D eigenvalue weighted by Gasteiger charge is -2.18. The lowest BCUT2D eigenvalue weighted by molar-refractivity contribution is -0.00430. The van der Waals surface area contributed by atoms with E-state index in [1.54, 1.807) is 5.12 Å². The lowest BCUT2D eigenvalue weighted by atomic mass is 10.3. The molecule has 1 aromatic rings. The predicted molar refractivity (Wildman–Crippen MR) is 95.7 cm³/mol. The molecule has 1 heterocycles. The van der Waals surface area contributed by atoms with Crippen LogP contribution in [0.15, 0.2) is 35.4 Å². The summed E-state index contributed by atoms with van der Waals surface area (Å²) in [6.07, 6.45) is 1.75. The Balaban J connectivity index is 1.51. The van der Waals surface area contributed by atoms with E-state index >= 15 is 0 Å². The molecule has 0 spiro atoms. The zero-order valence-electron chi connectivity index (χ0n) is 14.3. The molecule has 23 heavy (non-hydrogen) atoms. The predicted octanol–water partition coefficient (Wildman–Crippen LogP) is 2.80. The molecule has 0 radical (unpaired) electrons. The highest BCUT2D eigenvalue weighted by Crippen LogP contribution is 2.09. The average molecular weight is 337 g/mol. The molecule has 1 aliphatic heterocycles. The van der Waals surface area contributed by atoms with E-state index < -0.39 is 8.07 Å². The molecule has 0 saturated carbocycles. The van der Waals surface area contributed by atoms with Crippen LogP contribution in [-0.2, 0) is 4.74 Å². The van der Waals surface area contributed by atoms with Gasteiger partial charge in [0, 0.05) is 21.1 Å². The zero-order valence-corrected chi connectivity index (χ0v) is 15.3. The second-order valence-electron chi connectivity index (χ2n) is 6.81. The van der Waals surface area contributed by atoms with Crippen LogP contribution in [0.2, 0.25) is 25.7 Å². The Kier molecular flexibility index (Phi) is 6.88. The van der Waals surface area contributed by atoms with Crippen LogP contribution in [0.1, 0.15) is 12.8 Å². The van der Waals surface area contributed by atoms with Gasteiger partial charge in [-0.3, -0.25) is 5.43 Å². The second-order valence-corrected chi connectivity index (χ2v) is 12.4. The van der Waals surface area contributed by atoms with Crippen molar-refractivity contribution in [2.45, 2.75) is 38.5 Å². The monoisotopic (exact) mass is 336 g/mol. The molecular weight excluding hydrogens is 308 g/mol. The van der Waals surface area contributed by atoms with Crippen molar-refractivity contribution in [3.8, 4) is 5.75 Å². The Morgan fingerprint density at radius 1 is 1.13 bits per heavy atom. The summed E-state index contributed by atoms with van der Waals surface area (Å²) in [5, 5.41) is 6.01. The first kappa shape index (κ1) is 17.8. The molecule has 2 rings (SSSR count). The van der Waals surface area contributed by atoms with Crippen molar-refractivity contribution in [2.24, 2.45) is 5.10 Å². The van der Waals surface area contributed by atoms with Gasteiger partial charge in [-0.2, -0.15) is 0 Å². The van der Waals surface area contributed by atoms with Gasteiger partial charge in [-0.1, -0.05) is 43.0 Å². The number of hydrazine groups is 2. The third kappa shape index (κ3) is 7.49. The largest absolute Gasteiger partial charge is 0.494 e. The summed E-state index contributed by atoms with van der Waals surface area (Å²) in [7, 11) is -1.02. The Labute approximate surface area is 139 Å². The fourth-order valence-corrected chi connectivity index (χ4v) is 2.74. The molecule has 7 heteroatoms. The fourth-order valence-electron chi connectivity index (χ4n) is 1.98. The number of para-hydroxylation sites is 1. The number of hydrogen-bond donors (Lipinski definition) is 2. The average Bonchev–Trinajstić information content (AvgIpc) is 2.96. The standard InChI is InChI=1S/C16H28N4O2Si/c1-23(2,3)13-12-21-14-20-18-16(17-19-20)10-7-11-22-15-8-5-4-6-9-15/h4-6,8-9,19H,7,10-14H2,1-3H3,(H,17,18). The molecule has 6 nitrogen and oxygen atoms in total. The number of rotatable bonds is 10. The summed E-state index contributed by atoms with van der Waals surface area (Å²) < 4.78 is 11.3. The van der Waals surface area contributed by atoms with E-state index in [2.05, 4.69) is 35.7 Å². The number of hydrogen-bond acceptors (Lipinski definition) is 6. The third-order valence-corrected chi connectivity index (χ3v) is 5.06. The summed E-state index contributed by atoms with van der Waals surface area (Å²) >= 11 is 0. The van der Waals surface area contributed by atoms with E-state index in [0.29, 0.717) is 13.3 Å². The molecule has 0 amide bonds. The Morgan fingerprint density at radius 2 is 1.91 bits per heavy atom. The van der Waals surface area contributed by atoms with Crippen LogP contribution in [-0.4, -0.2) is 39.0 Å². The molecule has 2 N–H and O–H groups in total. The maximum absolute atomic E-state index is 5.67. The molecule has 1 aromatic carbocycles. The van der Waals surface area contributed by atoms with E-state index in [1.807, 2.05) is 30.3 Å². The molecule has 0 unspecified atom stereocenters. The van der Waals surface area contributed by atoms with Crippen LogP contribution in [0.3, 0.4) is 0 Å². The first-order valence-corrected chi connectivity index (χ1v) is 11.9.